The van der Waals surface area contributed by atoms with E-state index in [2.05, 4.69) is 27.2 Å². The van der Waals surface area contributed by atoms with Gasteiger partial charge < -0.3 is 30.8 Å². The number of hydrogen-bond acceptors (Lipinski definition) is 6. The standard InChI is InChI=1S/C35H40N4O7S/c1-8-22-18(4)34(45)39-28(22)14-26-17(3)24(10-12-32(43)44)30(37-26)15-29-23(9-11-31(41)42)16(2)25(36-29)13-27-19(5)33(35(46)38-27)20(6)47-21(7)40/h8,13-14,20,36-37H,1,9-12,15H2,2-7H3,(H,38,46)(H,39,45)(H,41,42)(H,43,44)/b27-13-,28-14-/t20-/m0/s1. The summed E-state index contributed by atoms with van der Waals surface area (Å²) in [5.74, 6) is -2.35. The molecule has 248 valence electrons. The third-order valence-electron chi connectivity index (χ3n) is 8.66. The second-order valence-electron chi connectivity index (χ2n) is 11.8. The number of thioether (sulfide) groups is 1. The molecule has 47 heavy (non-hydrogen) atoms. The van der Waals surface area contributed by atoms with Crippen molar-refractivity contribution in [2.45, 2.75) is 78.9 Å². The van der Waals surface area contributed by atoms with E-state index in [9.17, 15) is 34.2 Å². The number of H-pyrrole nitrogens is 2. The maximum atomic E-state index is 12.9. The summed E-state index contributed by atoms with van der Waals surface area (Å²) >= 11 is 1.09. The van der Waals surface area contributed by atoms with Gasteiger partial charge in [-0.3, -0.25) is 24.0 Å². The lowest BCUT2D eigenvalue weighted by Crippen LogP contribution is -2.20. The molecule has 2 aromatic heterocycles. The second-order valence-corrected chi connectivity index (χ2v) is 13.3. The monoisotopic (exact) mass is 660 g/mol. The molecule has 0 aromatic carbocycles. The topological polar surface area (TPSA) is 181 Å². The predicted molar refractivity (Wildman–Crippen MR) is 181 cm³/mol. The summed E-state index contributed by atoms with van der Waals surface area (Å²) < 4.78 is 0. The van der Waals surface area contributed by atoms with Gasteiger partial charge in [0.1, 0.15) is 0 Å². The van der Waals surface area contributed by atoms with Crippen LogP contribution in [-0.2, 0) is 43.2 Å². The van der Waals surface area contributed by atoms with Gasteiger partial charge in [0.05, 0.1) is 5.70 Å². The van der Waals surface area contributed by atoms with Crippen molar-refractivity contribution in [3.63, 3.8) is 0 Å². The summed E-state index contributed by atoms with van der Waals surface area (Å²) in [6.07, 6.45) is 5.93. The highest BCUT2D eigenvalue weighted by molar-refractivity contribution is 8.14. The maximum absolute atomic E-state index is 12.9. The van der Waals surface area contributed by atoms with E-state index in [0.717, 1.165) is 51.0 Å². The van der Waals surface area contributed by atoms with Crippen molar-refractivity contribution in [2.24, 2.45) is 0 Å². The number of amides is 2. The van der Waals surface area contributed by atoms with E-state index in [1.165, 1.54) is 6.92 Å². The summed E-state index contributed by atoms with van der Waals surface area (Å²) in [5, 5.41) is 24.3. The zero-order valence-electron chi connectivity index (χ0n) is 27.4. The van der Waals surface area contributed by atoms with Crippen LogP contribution in [-0.4, -0.2) is 54.3 Å². The smallest absolute Gasteiger partial charge is 0.303 e. The molecule has 0 saturated heterocycles. The van der Waals surface area contributed by atoms with Crippen LogP contribution in [0.5, 0.6) is 0 Å². The minimum Gasteiger partial charge on any atom is -0.481 e. The molecule has 0 fully saturated rings. The molecule has 4 heterocycles. The average molecular weight is 661 g/mol. The molecule has 12 heteroatoms. The molecule has 0 radical (unpaired) electrons. The number of aromatic amines is 2. The van der Waals surface area contributed by atoms with Crippen LogP contribution in [0.25, 0.3) is 12.2 Å². The minimum absolute atomic E-state index is 0.0849. The first-order valence-electron chi connectivity index (χ1n) is 15.2. The van der Waals surface area contributed by atoms with E-state index >= 15 is 0 Å². The molecule has 2 amide bonds. The highest BCUT2D eigenvalue weighted by Gasteiger charge is 2.30. The van der Waals surface area contributed by atoms with Gasteiger partial charge in [-0.15, -0.1) is 0 Å². The summed E-state index contributed by atoms with van der Waals surface area (Å²) in [6, 6.07) is 0. The highest BCUT2D eigenvalue weighted by atomic mass is 32.2. The van der Waals surface area contributed by atoms with Gasteiger partial charge in [-0.2, -0.15) is 0 Å². The maximum Gasteiger partial charge on any atom is 0.303 e. The molecule has 2 aliphatic rings. The fourth-order valence-corrected chi connectivity index (χ4v) is 7.06. The van der Waals surface area contributed by atoms with Gasteiger partial charge in [-0.25, -0.2) is 0 Å². The SMILES string of the molecule is C=CC1=C(C)C(=O)N/C1=C\c1[nH]c(Cc2[nH]c(/C=C3\NC(=O)C([C@H](C)SC(C)=O)=C3C)c(C)c2CCC(=O)O)c(CCC(=O)O)c1C. The van der Waals surface area contributed by atoms with Gasteiger partial charge in [0.25, 0.3) is 11.8 Å². The number of carboxylic acids is 2. The Balaban J connectivity index is 1.79. The summed E-state index contributed by atoms with van der Waals surface area (Å²) in [7, 11) is 0. The fourth-order valence-electron chi connectivity index (χ4n) is 6.16. The van der Waals surface area contributed by atoms with Crippen LogP contribution >= 0.6 is 11.8 Å². The van der Waals surface area contributed by atoms with Crippen LogP contribution < -0.4 is 10.6 Å². The summed E-state index contributed by atoms with van der Waals surface area (Å²) in [6.45, 7) is 14.4. The lowest BCUT2D eigenvalue weighted by Gasteiger charge is -2.08. The molecule has 2 aliphatic heterocycles. The molecule has 1 atom stereocenters. The number of aliphatic carboxylic acids is 2. The van der Waals surface area contributed by atoms with Crippen molar-refractivity contribution in [1.29, 1.82) is 0 Å². The number of carboxylic acid groups (broad SMARTS) is 2. The van der Waals surface area contributed by atoms with Crippen molar-refractivity contribution >= 4 is 52.8 Å². The Morgan fingerprint density at radius 3 is 1.77 bits per heavy atom. The van der Waals surface area contributed by atoms with E-state index in [-0.39, 0.29) is 47.9 Å². The first-order valence-corrected chi connectivity index (χ1v) is 16.1. The van der Waals surface area contributed by atoms with Crippen LogP contribution in [0.15, 0.2) is 46.3 Å². The number of carbonyl (C=O) groups excluding carboxylic acids is 3. The number of rotatable bonds is 13. The molecule has 2 aromatic rings. The number of carbonyl (C=O) groups is 5. The Hall–Kier alpha value is -4.84. The van der Waals surface area contributed by atoms with Gasteiger partial charge in [-0.1, -0.05) is 24.4 Å². The molecule has 6 N–H and O–H groups in total. The van der Waals surface area contributed by atoms with Gasteiger partial charge in [0.2, 0.25) is 0 Å². The van der Waals surface area contributed by atoms with E-state index in [0.29, 0.717) is 45.9 Å². The van der Waals surface area contributed by atoms with Gasteiger partial charge in [0.15, 0.2) is 5.12 Å². The van der Waals surface area contributed by atoms with Crippen molar-refractivity contribution < 1.29 is 34.2 Å². The van der Waals surface area contributed by atoms with Gasteiger partial charge in [-0.05, 0) is 87.4 Å². The van der Waals surface area contributed by atoms with Crippen molar-refractivity contribution in [1.82, 2.24) is 20.6 Å². The molecule has 4 rings (SSSR count). The van der Waals surface area contributed by atoms with Crippen LogP contribution in [0.3, 0.4) is 0 Å². The zero-order valence-corrected chi connectivity index (χ0v) is 28.2. The summed E-state index contributed by atoms with van der Waals surface area (Å²) in [4.78, 5) is 67.0. The Morgan fingerprint density at radius 1 is 0.809 bits per heavy atom. The number of aromatic nitrogens is 2. The third-order valence-corrected chi connectivity index (χ3v) is 9.58. The quantitative estimate of drug-likeness (QED) is 0.173. The molecule has 0 bridgehead atoms. The molecule has 0 spiro atoms. The molecule has 0 unspecified atom stereocenters. The molecule has 11 nitrogen and oxygen atoms in total. The Bertz CT molecular complexity index is 1830. The van der Waals surface area contributed by atoms with E-state index in [4.69, 9.17) is 0 Å². The molecule has 0 saturated carbocycles. The highest BCUT2D eigenvalue weighted by Crippen LogP contribution is 2.33. The lowest BCUT2D eigenvalue weighted by molar-refractivity contribution is -0.138. The van der Waals surface area contributed by atoms with E-state index in [1.807, 2.05) is 39.8 Å². The van der Waals surface area contributed by atoms with Crippen LogP contribution in [0.4, 0.5) is 0 Å². The molecular formula is C35H40N4O7S. The third kappa shape index (κ3) is 7.60. The largest absolute Gasteiger partial charge is 0.481 e. The van der Waals surface area contributed by atoms with Crippen molar-refractivity contribution in [2.75, 3.05) is 0 Å². The van der Waals surface area contributed by atoms with Crippen molar-refractivity contribution in [3.05, 3.63) is 91.4 Å². The van der Waals surface area contributed by atoms with Crippen LogP contribution in [0.2, 0.25) is 0 Å². The number of hydrogen-bond donors (Lipinski definition) is 6. The predicted octanol–water partition coefficient (Wildman–Crippen LogP) is 5.01. The lowest BCUT2D eigenvalue weighted by atomic mass is 9.98. The number of allylic oxidation sites excluding steroid dienone is 2. The van der Waals surface area contributed by atoms with E-state index in [1.54, 1.807) is 13.0 Å². The average Bonchev–Trinajstić information content (AvgIpc) is 3.63. The Labute approximate surface area is 277 Å². The normalized spacial score (nSPS) is 17.1. The summed E-state index contributed by atoms with van der Waals surface area (Å²) in [5.41, 5.74) is 9.93. The molecular weight excluding hydrogens is 620 g/mol. The van der Waals surface area contributed by atoms with Crippen LogP contribution in [0.1, 0.15) is 85.6 Å². The van der Waals surface area contributed by atoms with Crippen LogP contribution in [0, 0.1) is 13.8 Å². The van der Waals surface area contributed by atoms with Gasteiger partial charge in [0, 0.05) is 76.6 Å². The first kappa shape index (κ1) is 35.0. The number of nitrogens with one attached hydrogen (secondary N) is 4. The zero-order chi connectivity index (χ0) is 34.7. The van der Waals surface area contributed by atoms with E-state index < -0.39 is 11.9 Å². The van der Waals surface area contributed by atoms with Crippen molar-refractivity contribution in [3.8, 4) is 0 Å². The van der Waals surface area contributed by atoms with Gasteiger partial charge >= 0.3 is 11.9 Å². The molecule has 0 aliphatic carbocycles. The first-order chi connectivity index (χ1) is 22.1. The Kier molecular flexibility index (Phi) is 10.6. The Morgan fingerprint density at radius 2 is 1.30 bits per heavy atom. The minimum atomic E-state index is -0.938. The second kappa shape index (κ2) is 14.3. The fraction of sp³-hybridized carbons (Fsp3) is 0.343.